The predicted octanol–water partition coefficient (Wildman–Crippen LogP) is 1.29. The normalized spacial score (nSPS) is 18.7. The summed E-state index contributed by atoms with van der Waals surface area (Å²) >= 11 is 1.41. The number of amides is 1. The maximum atomic E-state index is 12.0. The topological polar surface area (TPSA) is 66.2 Å². The first-order chi connectivity index (χ1) is 8.21. The molecule has 0 atom stereocenters. The fourth-order valence-electron chi connectivity index (χ4n) is 1.91. The average Bonchev–Trinajstić information content (AvgIpc) is 2.92. The van der Waals surface area contributed by atoms with E-state index in [9.17, 15) is 4.79 Å². The van der Waals surface area contributed by atoms with Gasteiger partial charge in [-0.25, -0.2) is 4.98 Å². The number of carbonyl (C=O) groups excluding carboxylic acids is 1. The van der Waals surface area contributed by atoms with Crippen molar-refractivity contribution in [1.29, 1.82) is 5.26 Å². The molecule has 5 nitrogen and oxygen atoms in total. The third-order valence-corrected chi connectivity index (χ3v) is 3.69. The molecule has 0 spiro atoms. The molecule has 0 bridgehead atoms. The van der Waals surface area contributed by atoms with E-state index in [2.05, 4.69) is 11.1 Å². The summed E-state index contributed by atoms with van der Waals surface area (Å²) in [4.78, 5) is 17.7. The lowest BCUT2D eigenvalue weighted by atomic mass is 9.92. The van der Waals surface area contributed by atoms with E-state index in [4.69, 9.17) is 10.00 Å². The Bertz CT molecular complexity index is 430. The Labute approximate surface area is 104 Å². The summed E-state index contributed by atoms with van der Waals surface area (Å²) in [5, 5.41) is 10.8. The van der Waals surface area contributed by atoms with E-state index in [0.29, 0.717) is 31.6 Å². The Morgan fingerprint density at radius 1 is 1.65 bits per heavy atom. The second-order valence-corrected chi connectivity index (χ2v) is 4.69. The molecule has 2 rings (SSSR count). The molecule has 6 heteroatoms. The van der Waals surface area contributed by atoms with Crippen LogP contribution in [0.1, 0.15) is 23.3 Å². The van der Waals surface area contributed by atoms with Crippen LogP contribution in [0.15, 0.2) is 10.9 Å². The molecule has 1 aromatic rings. The summed E-state index contributed by atoms with van der Waals surface area (Å²) in [5.74, 6) is -0.0612. The Kier molecular flexibility index (Phi) is 3.41. The van der Waals surface area contributed by atoms with Crippen molar-refractivity contribution in [1.82, 2.24) is 9.88 Å². The van der Waals surface area contributed by atoms with Gasteiger partial charge in [-0.3, -0.25) is 4.79 Å². The molecule has 0 saturated carbocycles. The zero-order valence-electron chi connectivity index (χ0n) is 9.55. The second kappa shape index (κ2) is 4.82. The minimum absolute atomic E-state index is 0.0612. The number of nitrogens with zero attached hydrogens (tertiary/aromatic N) is 3. The van der Waals surface area contributed by atoms with Crippen molar-refractivity contribution in [3.63, 3.8) is 0 Å². The zero-order valence-corrected chi connectivity index (χ0v) is 10.4. The summed E-state index contributed by atoms with van der Waals surface area (Å²) in [6.07, 6.45) is 1.10. The molecular weight excluding hydrogens is 238 g/mol. The molecule has 1 aliphatic rings. The largest absolute Gasteiger partial charge is 0.363 e. The van der Waals surface area contributed by atoms with Crippen molar-refractivity contribution >= 4 is 17.2 Å². The van der Waals surface area contributed by atoms with E-state index in [-0.39, 0.29) is 5.91 Å². The quantitative estimate of drug-likeness (QED) is 0.794. The van der Waals surface area contributed by atoms with Crippen LogP contribution in [0.2, 0.25) is 0 Å². The van der Waals surface area contributed by atoms with Gasteiger partial charge in [0, 0.05) is 38.4 Å². The van der Waals surface area contributed by atoms with Crippen LogP contribution in [0.25, 0.3) is 0 Å². The van der Waals surface area contributed by atoms with Crippen LogP contribution < -0.4 is 0 Å². The molecule has 0 radical (unpaired) electrons. The minimum atomic E-state index is -0.723. The van der Waals surface area contributed by atoms with Gasteiger partial charge in [-0.1, -0.05) is 0 Å². The Morgan fingerprint density at radius 2 is 2.35 bits per heavy atom. The summed E-state index contributed by atoms with van der Waals surface area (Å²) in [6, 6.07) is 2.19. The highest BCUT2D eigenvalue weighted by atomic mass is 32.1. The molecule has 17 heavy (non-hydrogen) atoms. The van der Waals surface area contributed by atoms with Gasteiger partial charge in [0.05, 0.1) is 11.6 Å². The first kappa shape index (κ1) is 12.0. The first-order valence-electron chi connectivity index (χ1n) is 5.35. The maximum absolute atomic E-state index is 12.0. The summed E-state index contributed by atoms with van der Waals surface area (Å²) in [5.41, 5.74) is 1.40. The standard InChI is InChI=1S/C11H13N3O2S/c1-16-11(7-12)2-4-14(5-3-11)10(15)9-6-17-8-13-9/h6,8H,2-5H2,1H3. The van der Waals surface area contributed by atoms with Crippen molar-refractivity contribution in [3.05, 3.63) is 16.6 Å². The van der Waals surface area contributed by atoms with E-state index in [1.165, 1.54) is 11.3 Å². The summed E-state index contributed by atoms with van der Waals surface area (Å²) < 4.78 is 5.23. The number of likely N-dealkylation sites (tertiary alicyclic amines) is 1. The van der Waals surface area contributed by atoms with Crippen molar-refractivity contribution < 1.29 is 9.53 Å². The molecule has 90 valence electrons. The molecule has 0 aliphatic carbocycles. The van der Waals surface area contributed by atoms with Gasteiger partial charge in [0.2, 0.25) is 0 Å². The van der Waals surface area contributed by atoms with Gasteiger partial charge in [0.25, 0.3) is 5.91 Å². The van der Waals surface area contributed by atoms with Crippen LogP contribution in [0.4, 0.5) is 0 Å². The number of aromatic nitrogens is 1. The molecule has 1 aromatic heterocycles. The maximum Gasteiger partial charge on any atom is 0.273 e. The number of carbonyl (C=O) groups is 1. The fourth-order valence-corrected chi connectivity index (χ4v) is 2.44. The molecule has 0 N–H and O–H groups in total. The van der Waals surface area contributed by atoms with Crippen molar-refractivity contribution in [2.45, 2.75) is 18.4 Å². The van der Waals surface area contributed by atoms with E-state index in [0.717, 1.165) is 0 Å². The smallest absolute Gasteiger partial charge is 0.273 e. The predicted molar refractivity (Wildman–Crippen MR) is 62.6 cm³/mol. The molecular formula is C11H13N3O2S. The number of rotatable bonds is 2. The lowest BCUT2D eigenvalue weighted by molar-refractivity contribution is -0.0106. The molecule has 0 unspecified atom stereocenters. The Hall–Kier alpha value is -1.45. The third kappa shape index (κ3) is 2.30. The van der Waals surface area contributed by atoms with E-state index in [1.807, 2.05) is 0 Å². The molecule has 0 aromatic carbocycles. The highest BCUT2D eigenvalue weighted by Gasteiger charge is 2.36. The molecule has 1 fully saturated rings. The molecule has 1 aliphatic heterocycles. The van der Waals surface area contributed by atoms with Gasteiger partial charge in [-0.05, 0) is 0 Å². The summed E-state index contributed by atoms with van der Waals surface area (Å²) in [7, 11) is 1.54. The number of hydrogen-bond acceptors (Lipinski definition) is 5. The number of nitriles is 1. The second-order valence-electron chi connectivity index (χ2n) is 3.98. The van der Waals surface area contributed by atoms with Crippen LogP contribution in [-0.2, 0) is 4.74 Å². The number of hydrogen-bond donors (Lipinski definition) is 0. The molecule has 1 saturated heterocycles. The SMILES string of the molecule is COC1(C#N)CCN(C(=O)c2cscn2)CC1. The van der Waals surface area contributed by atoms with Crippen LogP contribution in [0.3, 0.4) is 0 Å². The Balaban J connectivity index is 2.01. The van der Waals surface area contributed by atoms with Crippen LogP contribution in [-0.4, -0.2) is 41.6 Å². The van der Waals surface area contributed by atoms with Crippen molar-refractivity contribution in [2.75, 3.05) is 20.2 Å². The fraction of sp³-hybridized carbons (Fsp3) is 0.545. The van der Waals surface area contributed by atoms with Gasteiger partial charge < -0.3 is 9.64 Å². The minimum Gasteiger partial charge on any atom is -0.363 e. The number of piperidine rings is 1. The molecule has 2 heterocycles. The van der Waals surface area contributed by atoms with Gasteiger partial charge in [-0.15, -0.1) is 11.3 Å². The number of ether oxygens (including phenoxy) is 1. The Morgan fingerprint density at radius 3 is 2.82 bits per heavy atom. The van der Waals surface area contributed by atoms with Crippen molar-refractivity contribution in [2.24, 2.45) is 0 Å². The van der Waals surface area contributed by atoms with Gasteiger partial charge in [0.15, 0.2) is 5.60 Å². The third-order valence-electron chi connectivity index (χ3n) is 3.10. The summed E-state index contributed by atoms with van der Waals surface area (Å²) in [6.45, 7) is 1.08. The van der Waals surface area contributed by atoms with Crippen LogP contribution in [0, 0.1) is 11.3 Å². The van der Waals surface area contributed by atoms with E-state index >= 15 is 0 Å². The molecule has 1 amide bonds. The van der Waals surface area contributed by atoms with Gasteiger partial charge in [0.1, 0.15) is 5.69 Å². The highest BCUT2D eigenvalue weighted by molar-refractivity contribution is 7.07. The lowest BCUT2D eigenvalue weighted by Crippen LogP contribution is -2.47. The number of methoxy groups -OCH3 is 1. The monoisotopic (exact) mass is 251 g/mol. The van der Waals surface area contributed by atoms with Crippen LogP contribution >= 0.6 is 11.3 Å². The van der Waals surface area contributed by atoms with Gasteiger partial charge in [-0.2, -0.15) is 5.26 Å². The van der Waals surface area contributed by atoms with E-state index < -0.39 is 5.60 Å². The van der Waals surface area contributed by atoms with E-state index in [1.54, 1.807) is 22.9 Å². The first-order valence-corrected chi connectivity index (χ1v) is 6.29. The zero-order chi connectivity index (χ0) is 12.3. The lowest BCUT2D eigenvalue weighted by Gasteiger charge is -2.35. The van der Waals surface area contributed by atoms with Gasteiger partial charge >= 0.3 is 0 Å². The average molecular weight is 251 g/mol. The van der Waals surface area contributed by atoms with Crippen molar-refractivity contribution in [3.8, 4) is 6.07 Å². The highest BCUT2D eigenvalue weighted by Crippen LogP contribution is 2.25. The number of thiazole rings is 1. The van der Waals surface area contributed by atoms with Crippen LogP contribution in [0.5, 0.6) is 0 Å².